The summed E-state index contributed by atoms with van der Waals surface area (Å²) in [5, 5.41) is 3.28. The molecule has 1 aromatic heterocycles. The summed E-state index contributed by atoms with van der Waals surface area (Å²) in [4.78, 5) is 18.7. The van der Waals surface area contributed by atoms with Crippen molar-refractivity contribution in [3.8, 4) is 0 Å². The van der Waals surface area contributed by atoms with Crippen LogP contribution in [0, 0.1) is 0 Å². The average molecular weight is 319 g/mol. The number of carbonyl (C=O) groups excluding carboxylic acids is 1. The number of hydrogen-bond acceptors (Lipinski definition) is 3. The van der Waals surface area contributed by atoms with Gasteiger partial charge in [0.15, 0.2) is 0 Å². The van der Waals surface area contributed by atoms with Crippen LogP contribution in [-0.2, 0) is 10.2 Å². The first-order chi connectivity index (χ1) is 11.5. The molecular weight excluding hydrogens is 298 g/mol. The zero-order chi connectivity index (χ0) is 16.8. The molecule has 1 N–H and O–H groups in total. The fourth-order valence-corrected chi connectivity index (χ4v) is 4.01. The Hall–Kier alpha value is -2.62. The van der Waals surface area contributed by atoms with Crippen molar-refractivity contribution >= 4 is 17.7 Å². The summed E-state index contributed by atoms with van der Waals surface area (Å²) in [6.45, 7) is 5.13. The Morgan fingerprint density at radius 1 is 1.17 bits per heavy atom. The van der Waals surface area contributed by atoms with Gasteiger partial charge in [-0.05, 0) is 35.4 Å². The van der Waals surface area contributed by atoms with Gasteiger partial charge in [-0.3, -0.25) is 9.78 Å². The number of hydrogen-bond donors (Lipinski definition) is 1. The zero-order valence-corrected chi connectivity index (χ0v) is 14.0. The molecule has 4 rings (SSSR count). The van der Waals surface area contributed by atoms with Crippen LogP contribution in [-0.4, -0.2) is 23.1 Å². The van der Waals surface area contributed by atoms with Crippen LogP contribution in [0.25, 0.3) is 6.08 Å². The molecule has 0 saturated carbocycles. The largest absolute Gasteiger partial charge is 0.344 e. The molecular formula is C20H21N3O. The van der Waals surface area contributed by atoms with Gasteiger partial charge in [-0.15, -0.1) is 0 Å². The summed E-state index contributed by atoms with van der Waals surface area (Å²) in [5.41, 5.74) is 2.78. The summed E-state index contributed by atoms with van der Waals surface area (Å²) >= 11 is 0. The third-order valence-corrected chi connectivity index (χ3v) is 5.36. The van der Waals surface area contributed by atoms with Gasteiger partial charge in [0.1, 0.15) is 5.66 Å². The van der Waals surface area contributed by atoms with E-state index in [1.54, 1.807) is 12.4 Å². The molecule has 24 heavy (non-hydrogen) atoms. The van der Waals surface area contributed by atoms with Gasteiger partial charge >= 0.3 is 0 Å². The highest BCUT2D eigenvalue weighted by Crippen LogP contribution is 2.52. The number of rotatable bonds is 2. The Morgan fingerprint density at radius 3 is 2.71 bits per heavy atom. The number of benzene rings is 1. The van der Waals surface area contributed by atoms with Gasteiger partial charge in [0.05, 0.1) is 0 Å². The number of aromatic nitrogens is 1. The van der Waals surface area contributed by atoms with Crippen molar-refractivity contribution in [2.45, 2.75) is 31.3 Å². The summed E-state index contributed by atoms with van der Waals surface area (Å²) in [7, 11) is 0. The van der Waals surface area contributed by atoms with Gasteiger partial charge in [0.2, 0.25) is 5.91 Å². The van der Waals surface area contributed by atoms with Crippen LogP contribution in [0.15, 0.2) is 54.9 Å². The zero-order valence-electron chi connectivity index (χ0n) is 14.0. The molecule has 0 spiro atoms. The van der Waals surface area contributed by atoms with Gasteiger partial charge in [-0.2, -0.15) is 0 Å². The highest BCUT2D eigenvalue weighted by Gasteiger charge is 2.57. The molecule has 1 amide bonds. The van der Waals surface area contributed by atoms with Gasteiger partial charge < -0.3 is 10.2 Å². The summed E-state index contributed by atoms with van der Waals surface area (Å²) < 4.78 is 0. The number of carbonyl (C=O) groups is 1. The number of pyridine rings is 1. The molecule has 1 aromatic carbocycles. The second-order valence-corrected chi connectivity index (χ2v) is 6.97. The maximum atomic E-state index is 12.3. The monoisotopic (exact) mass is 319 g/mol. The van der Waals surface area contributed by atoms with Crippen molar-refractivity contribution in [3.05, 3.63) is 66.0 Å². The van der Waals surface area contributed by atoms with Crippen LogP contribution in [0.1, 0.15) is 31.4 Å². The van der Waals surface area contributed by atoms with Crippen LogP contribution < -0.4 is 10.2 Å². The number of fused-ring (bicyclic) bond motifs is 3. The third kappa shape index (κ3) is 1.99. The fraction of sp³-hybridized carbons (Fsp3) is 0.300. The molecule has 0 bridgehead atoms. The molecule has 2 aliphatic rings. The van der Waals surface area contributed by atoms with E-state index < -0.39 is 5.66 Å². The SMILES string of the molecule is CC1(C)c2ccccc2N2CCC(=O)N[C@]21/C=C/c1ccncc1. The third-order valence-electron chi connectivity index (χ3n) is 5.36. The van der Waals surface area contributed by atoms with E-state index in [0.29, 0.717) is 6.42 Å². The maximum Gasteiger partial charge on any atom is 0.223 e. The molecule has 0 aliphatic carbocycles. The quantitative estimate of drug-likeness (QED) is 0.925. The van der Waals surface area contributed by atoms with Gasteiger partial charge in [-0.25, -0.2) is 0 Å². The molecule has 1 fully saturated rings. The number of nitrogens with one attached hydrogen (secondary N) is 1. The lowest BCUT2D eigenvalue weighted by molar-refractivity contribution is -0.124. The fourth-order valence-electron chi connectivity index (χ4n) is 4.01. The predicted molar refractivity (Wildman–Crippen MR) is 95.6 cm³/mol. The lowest BCUT2D eigenvalue weighted by Crippen LogP contribution is -2.68. The number of amides is 1. The van der Waals surface area contributed by atoms with Crippen molar-refractivity contribution < 1.29 is 4.79 Å². The van der Waals surface area contributed by atoms with E-state index in [1.807, 2.05) is 12.1 Å². The van der Waals surface area contributed by atoms with E-state index in [2.05, 4.69) is 65.5 Å². The van der Waals surface area contributed by atoms with E-state index in [0.717, 1.165) is 12.1 Å². The normalized spacial score (nSPS) is 24.6. The Kier molecular flexibility index (Phi) is 3.23. The molecule has 2 aliphatic heterocycles. The minimum absolute atomic E-state index is 0.103. The van der Waals surface area contributed by atoms with Crippen LogP contribution >= 0.6 is 0 Å². The molecule has 4 nitrogen and oxygen atoms in total. The first-order valence-electron chi connectivity index (χ1n) is 8.32. The lowest BCUT2D eigenvalue weighted by atomic mass is 9.74. The van der Waals surface area contributed by atoms with E-state index >= 15 is 0 Å². The number of nitrogens with zero attached hydrogens (tertiary/aromatic N) is 2. The lowest BCUT2D eigenvalue weighted by Gasteiger charge is -2.49. The topological polar surface area (TPSA) is 45.2 Å². The Bertz CT molecular complexity index is 813. The van der Waals surface area contributed by atoms with Crippen molar-refractivity contribution in [2.24, 2.45) is 0 Å². The van der Waals surface area contributed by atoms with Crippen LogP contribution in [0.2, 0.25) is 0 Å². The smallest absolute Gasteiger partial charge is 0.223 e. The molecule has 122 valence electrons. The molecule has 1 atom stereocenters. The molecule has 2 aromatic rings. The first-order valence-corrected chi connectivity index (χ1v) is 8.32. The van der Waals surface area contributed by atoms with E-state index in [9.17, 15) is 4.79 Å². The van der Waals surface area contributed by atoms with E-state index in [4.69, 9.17) is 0 Å². The van der Waals surface area contributed by atoms with Crippen molar-refractivity contribution in [2.75, 3.05) is 11.4 Å². The van der Waals surface area contributed by atoms with Crippen LogP contribution in [0.4, 0.5) is 5.69 Å². The van der Waals surface area contributed by atoms with Crippen molar-refractivity contribution in [3.63, 3.8) is 0 Å². The minimum atomic E-state index is -0.546. The van der Waals surface area contributed by atoms with Crippen LogP contribution in [0.3, 0.4) is 0 Å². The van der Waals surface area contributed by atoms with Gasteiger partial charge in [0.25, 0.3) is 0 Å². The molecule has 1 saturated heterocycles. The molecule has 3 heterocycles. The first kappa shape index (κ1) is 14.9. The predicted octanol–water partition coefficient (Wildman–Crippen LogP) is 3.11. The summed E-state index contributed by atoms with van der Waals surface area (Å²) in [6.07, 6.45) is 8.30. The van der Waals surface area contributed by atoms with Crippen LogP contribution in [0.5, 0.6) is 0 Å². The van der Waals surface area contributed by atoms with Crippen molar-refractivity contribution in [1.82, 2.24) is 10.3 Å². The number of anilines is 1. The summed E-state index contributed by atoms with van der Waals surface area (Å²) in [6, 6.07) is 12.4. The Balaban J connectivity index is 1.86. The van der Waals surface area contributed by atoms with Gasteiger partial charge in [0, 0.05) is 36.5 Å². The number of para-hydroxylation sites is 1. The molecule has 4 heteroatoms. The van der Waals surface area contributed by atoms with Crippen molar-refractivity contribution in [1.29, 1.82) is 0 Å². The highest BCUT2D eigenvalue weighted by atomic mass is 16.2. The second-order valence-electron chi connectivity index (χ2n) is 6.97. The average Bonchev–Trinajstić information content (AvgIpc) is 2.79. The second kappa shape index (κ2) is 5.20. The van der Waals surface area contributed by atoms with Gasteiger partial charge in [-0.1, -0.05) is 38.1 Å². The van der Waals surface area contributed by atoms with E-state index in [1.165, 1.54) is 11.3 Å². The highest BCUT2D eigenvalue weighted by molar-refractivity contribution is 5.84. The minimum Gasteiger partial charge on any atom is -0.344 e. The Labute approximate surface area is 142 Å². The Morgan fingerprint density at radius 2 is 1.92 bits per heavy atom. The van der Waals surface area contributed by atoms with E-state index in [-0.39, 0.29) is 11.3 Å². The molecule has 0 radical (unpaired) electrons. The molecule has 0 unspecified atom stereocenters. The summed E-state index contributed by atoms with van der Waals surface area (Å²) in [5.74, 6) is 0.103. The standard InChI is InChI=1S/C20H21N3O/c1-19(2)16-5-3-4-6-17(16)23-14-10-18(24)22-20(19,23)11-7-15-8-12-21-13-9-15/h3-9,11-13H,10,14H2,1-2H3,(H,22,24)/b11-7+/t20-/m1/s1. The maximum absolute atomic E-state index is 12.3.